The molecular weight excluding hydrogens is 290 g/mol. The van der Waals surface area contributed by atoms with Gasteiger partial charge in [0.15, 0.2) is 5.43 Å². The van der Waals surface area contributed by atoms with Gasteiger partial charge in [0, 0.05) is 24.0 Å². The van der Waals surface area contributed by atoms with Gasteiger partial charge < -0.3 is 16.0 Å². The van der Waals surface area contributed by atoms with Crippen LogP contribution in [0.5, 0.6) is 0 Å². The molecule has 0 radical (unpaired) electrons. The summed E-state index contributed by atoms with van der Waals surface area (Å²) in [6.07, 6.45) is 2.79. The number of carbonyl (C=O) groups excluding carboxylic acids is 1. The van der Waals surface area contributed by atoms with Crippen LogP contribution in [0.2, 0.25) is 5.02 Å². The normalized spacial score (nSPS) is 9.62. The van der Waals surface area contributed by atoms with Crippen molar-refractivity contribution in [1.29, 1.82) is 0 Å². The van der Waals surface area contributed by atoms with Crippen molar-refractivity contribution >= 4 is 23.2 Å². The molecule has 0 aliphatic rings. The maximum atomic E-state index is 12.1. The predicted octanol–water partition coefficient (Wildman–Crippen LogP) is 1.59. The Bertz CT molecular complexity index is 787. The number of nitrogens with two attached hydrogens (primary N) is 1. The Morgan fingerprint density at radius 3 is 2.90 bits per heavy atom. The number of rotatable bonds is 2. The van der Waals surface area contributed by atoms with Gasteiger partial charge in [-0.05, 0) is 18.2 Å². The Morgan fingerprint density at radius 1 is 1.38 bits per heavy atom. The van der Waals surface area contributed by atoms with Gasteiger partial charge in [-0.1, -0.05) is 23.4 Å². The molecule has 2 rings (SSSR count). The van der Waals surface area contributed by atoms with E-state index in [-0.39, 0.29) is 17.5 Å². The van der Waals surface area contributed by atoms with Crippen LogP contribution in [-0.4, -0.2) is 17.4 Å². The zero-order chi connectivity index (χ0) is 15.2. The van der Waals surface area contributed by atoms with Gasteiger partial charge in [0.25, 0.3) is 5.91 Å². The summed E-state index contributed by atoms with van der Waals surface area (Å²) in [5.41, 5.74) is 5.99. The number of carbonyl (C=O) groups is 1. The van der Waals surface area contributed by atoms with Crippen LogP contribution in [0.3, 0.4) is 0 Å². The molecule has 1 amide bonds. The summed E-state index contributed by atoms with van der Waals surface area (Å²) in [4.78, 5) is 26.4. The molecule has 0 spiro atoms. The monoisotopic (exact) mass is 301 g/mol. The number of aromatic nitrogens is 1. The second-order valence-electron chi connectivity index (χ2n) is 4.08. The Labute approximate surface area is 126 Å². The quantitative estimate of drug-likeness (QED) is 0.736. The van der Waals surface area contributed by atoms with E-state index < -0.39 is 5.91 Å². The van der Waals surface area contributed by atoms with Crippen LogP contribution in [0.1, 0.15) is 15.9 Å². The molecule has 6 heteroatoms. The largest absolute Gasteiger partial charge is 0.367 e. The highest BCUT2D eigenvalue weighted by Gasteiger charge is 2.11. The predicted molar refractivity (Wildman–Crippen MR) is 82.4 cm³/mol. The van der Waals surface area contributed by atoms with Crippen LogP contribution in [0.4, 0.5) is 5.69 Å². The molecule has 0 aliphatic heterocycles. The first-order chi connectivity index (χ1) is 10.1. The van der Waals surface area contributed by atoms with Gasteiger partial charge in [0.1, 0.15) is 5.56 Å². The number of H-pyrrole nitrogens is 1. The first kappa shape index (κ1) is 14.9. The maximum Gasteiger partial charge on any atom is 0.261 e. The highest BCUT2D eigenvalue weighted by atomic mass is 35.5. The van der Waals surface area contributed by atoms with E-state index in [4.69, 9.17) is 17.3 Å². The van der Waals surface area contributed by atoms with Crippen LogP contribution in [0.25, 0.3) is 0 Å². The summed E-state index contributed by atoms with van der Waals surface area (Å²) in [6.45, 7) is 0.240. The van der Waals surface area contributed by atoms with Crippen LogP contribution in [-0.2, 0) is 0 Å². The van der Waals surface area contributed by atoms with Gasteiger partial charge in [0.2, 0.25) is 0 Å². The van der Waals surface area contributed by atoms with E-state index in [1.165, 1.54) is 18.5 Å². The number of nitrogens with one attached hydrogen (secondary N) is 2. The van der Waals surface area contributed by atoms with Gasteiger partial charge in [-0.25, -0.2) is 0 Å². The minimum Gasteiger partial charge on any atom is -0.367 e. The molecule has 0 saturated heterocycles. The summed E-state index contributed by atoms with van der Waals surface area (Å²) >= 11 is 6.03. The molecule has 5 nitrogen and oxygen atoms in total. The fourth-order valence-electron chi connectivity index (χ4n) is 1.64. The lowest BCUT2D eigenvalue weighted by molar-refractivity contribution is 0.102. The van der Waals surface area contributed by atoms with Crippen molar-refractivity contribution in [1.82, 2.24) is 4.98 Å². The summed E-state index contributed by atoms with van der Waals surface area (Å²) in [5.74, 6) is 5.02. The first-order valence-corrected chi connectivity index (χ1v) is 6.46. The summed E-state index contributed by atoms with van der Waals surface area (Å²) in [7, 11) is 0. The first-order valence-electron chi connectivity index (χ1n) is 6.09. The van der Waals surface area contributed by atoms with E-state index in [1.54, 1.807) is 18.2 Å². The molecule has 0 unspecified atom stereocenters. The van der Waals surface area contributed by atoms with E-state index in [0.717, 1.165) is 0 Å². The van der Waals surface area contributed by atoms with Crippen molar-refractivity contribution in [2.24, 2.45) is 5.73 Å². The molecule has 1 aromatic heterocycles. The second kappa shape index (κ2) is 6.75. The molecule has 0 bridgehead atoms. The molecular formula is C15H12ClN3O2. The van der Waals surface area contributed by atoms with Crippen LogP contribution >= 0.6 is 11.6 Å². The number of halogens is 1. The number of benzene rings is 1. The Morgan fingerprint density at radius 2 is 2.19 bits per heavy atom. The van der Waals surface area contributed by atoms with E-state index in [9.17, 15) is 9.59 Å². The lowest BCUT2D eigenvalue weighted by atomic mass is 10.2. The van der Waals surface area contributed by atoms with E-state index in [1.807, 2.05) is 0 Å². The van der Waals surface area contributed by atoms with Gasteiger partial charge in [0.05, 0.1) is 17.3 Å². The molecule has 0 saturated carbocycles. The van der Waals surface area contributed by atoms with Gasteiger partial charge >= 0.3 is 0 Å². The molecule has 0 atom stereocenters. The number of aromatic amines is 1. The van der Waals surface area contributed by atoms with E-state index in [2.05, 4.69) is 22.1 Å². The van der Waals surface area contributed by atoms with Crippen molar-refractivity contribution < 1.29 is 4.79 Å². The molecule has 0 aliphatic carbocycles. The molecule has 21 heavy (non-hydrogen) atoms. The van der Waals surface area contributed by atoms with Crippen molar-refractivity contribution in [2.45, 2.75) is 0 Å². The fourth-order valence-corrected chi connectivity index (χ4v) is 1.80. The zero-order valence-electron chi connectivity index (χ0n) is 10.9. The van der Waals surface area contributed by atoms with Crippen LogP contribution in [0, 0.1) is 11.8 Å². The molecule has 1 heterocycles. The van der Waals surface area contributed by atoms with Crippen molar-refractivity contribution in [2.75, 3.05) is 11.9 Å². The van der Waals surface area contributed by atoms with Gasteiger partial charge in [-0.15, -0.1) is 0 Å². The Hall–Kier alpha value is -2.55. The SMILES string of the molecule is NCC#Cc1ccc(Cl)c(NC(=O)c2c[nH]ccc2=O)c1. The van der Waals surface area contributed by atoms with Gasteiger partial charge in [-0.3, -0.25) is 9.59 Å². The minimum atomic E-state index is -0.539. The smallest absolute Gasteiger partial charge is 0.261 e. The number of hydrogen-bond acceptors (Lipinski definition) is 3. The van der Waals surface area contributed by atoms with E-state index >= 15 is 0 Å². The second-order valence-corrected chi connectivity index (χ2v) is 4.48. The van der Waals surface area contributed by atoms with E-state index in [0.29, 0.717) is 16.3 Å². The van der Waals surface area contributed by atoms with Crippen molar-refractivity contribution in [3.63, 3.8) is 0 Å². The molecule has 1 aromatic carbocycles. The summed E-state index contributed by atoms with van der Waals surface area (Å²) < 4.78 is 0. The third-order valence-electron chi connectivity index (χ3n) is 2.62. The summed E-state index contributed by atoms with van der Waals surface area (Å²) in [5, 5.41) is 2.95. The van der Waals surface area contributed by atoms with Crippen LogP contribution in [0.15, 0.2) is 41.5 Å². The molecule has 0 fully saturated rings. The average molecular weight is 302 g/mol. The lowest BCUT2D eigenvalue weighted by Gasteiger charge is -2.07. The molecule has 4 N–H and O–H groups in total. The summed E-state index contributed by atoms with van der Waals surface area (Å²) in [6, 6.07) is 6.24. The topological polar surface area (TPSA) is 88.0 Å². The third kappa shape index (κ3) is 3.72. The number of anilines is 1. The molecule has 106 valence electrons. The fraction of sp³-hybridized carbons (Fsp3) is 0.0667. The third-order valence-corrected chi connectivity index (χ3v) is 2.95. The minimum absolute atomic E-state index is 0.00649. The lowest BCUT2D eigenvalue weighted by Crippen LogP contribution is -2.21. The highest BCUT2D eigenvalue weighted by molar-refractivity contribution is 6.34. The number of pyridine rings is 1. The van der Waals surface area contributed by atoms with Gasteiger partial charge in [-0.2, -0.15) is 0 Å². The number of amides is 1. The van der Waals surface area contributed by atoms with Crippen molar-refractivity contribution in [3.8, 4) is 11.8 Å². The molecule has 2 aromatic rings. The average Bonchev–Trinajstić information content (AvgIpc) is 2.48. The Kier molecular flexibility index (Phi) is 4.77. The highest BCUT2D eigenvalue weighted by Crippen LogP contribution is 2.23. The standard InChI is InChI=1S/C15H12ClN3O2/c16-12-4-3-10(2-1-6-17)8-13(12)19-15(21)11-9-18-7-5-14(11)20/h3-5,7-9H,6,17H2,(H,18,20)(H,19,21). The number of hydrogen-bond donors (Lipinski definition) is 3. The zero-order valence-corrected chi connectivity index (χ0v) is 11.7. The van der Waals surface area contributed by atoms with Crippen molar-refractivity contribution in [3.05, 3.63) is 63.0 Å². The Balaban J connectivity index is 2.29. The maximum absolute atomic E-state index is 12.1. The van der Waals surface area contributed by atoms with Crippen LogP contribution < -0.4 is 16.5 Å².